The first kappa shape index (κ1) is 21.9. The van der Waals surface area contributed by atoms with Crippen molar-refractivity contribution >= 4 is 17.6 Å². The van der Waals surface area contributed by atoms with E-state index < -0.39 is 16.1 Å². The van der Waals surface area contributed by atoms with Crippen LogP contribution in [0.3, 0.4) is 0 Å². The van der Waals surface area contributed by atoms with Crippen molar-refractivity contribution in [2.75, 3.05) is 0 Å². The van der Waals surface area contributed by atoms with E-state index in [4.69, 9.17) is 9.47 Å². The van der Waals surface area contributed by atoms with Crippen molar-refractivity contribution in [1.29, 1.82) is 0 Å². The molecule has 1 atom stereocenters. The van der Waals surface area contributed by atoms with Crippen LogP contribution in [0.2, 0.25) is 0 Å². The van der Waals surface area contributed by atoms with Crippen LogP contribution in [0, 0.1) is 0 Å². The van der Waals surface area contributed by atoms with Crippen LogP contribution < -0.4 is 9.47 Å². The van der Waals surface area contributed by atoms with Gasteiger partial charge in [-0.05, 0) is 44.0 Å². The van der Waals surface area contributed by atoms with E-state index in [0.717, 1.165) is 16.7 Å². The van der Waals surface area contributed by atoms with Crippen molar-refractivity contribution < 1.29 is 14.0 Å². The van der Waals surface area contributed by atoms with Gasteiger partial charge in [0.05, 0.1) is 6.21 Å². The Labute approximate surface area is 181 Å². The molecule has 0 bridgehead atoms. The molecule has 156 valence electrons. The molecular formula is C25H27NO3S. The van der Waals surface area contributed by atoms with Gasteiger partial charge >= 0.3 is 0 Å². The summed E-state index contributed by atoms with van der Waals surface area (Å²) in [6.07, 6.45) is 1.61. The summed E-state index contributed by atoms with van der Waals surface area (Å²) >= 11 is -1.34. The van der Waals surface area contributed by atoms with Crippen LogP contribution in [-0.2, 0) is 24.6 Å². The van der Waals surface area contributed by atoms with E-state index in [9.17, 15) is 4.55 Å². The molecule has 0 aliphatic carbocycles. The van der Waals surface area contributed by atoms with Crippen molar-refractivity contribution in [1.82, 2.24) is 0 Å². The molecule has 5 heteroatoms. The maximum Gasteiger partial charge on any atom is 0.144 e. The van der Waals surface area contributed by atoms with Gasteiger partial charge in [0.25, 0.3) is 0 Å². The summed E-state index contributed by atoms with van der Waals surface area (Å²) in [6, 6.07) is 25.6. The second-order valence-electron chi connectivity index (χ2n) is 7.84. The number of ether oxygens (including phenoxy) is 2. The van der Waals surface area contributed by atoms with Gasteiger partial charge in [0, 0.05) is 11.6 Å². The monoisotopic (exact) mass is 421 g/mol. The first-order chi connectivity index (χ1) is 14.4. The lowest BCUT2D eigenvalue weighted by atomic mass is 10.2. The van der Waals surface area contributed by atoms with Crippen LogP contribution in [0.4, 0.5) is 0 Å². The highest BCUT2D eigenvalue weighted by Crippen LogP contribution is 2.26. The average Bonchev–Trinajstić information content (AvgIpc) is 2.76. The molecule has 0 N–H and O–H groups in total. The van der Waals surface area contributed by atoms with Crippen LogP contribution in [0.25, 0.3) is 0 Å². The van der Waals surface area contributed by atoms with Crippen LogP contribution in [0.1, 0.15) is 37.5 Å². The van der Waals surface area contributed by atoms with Gasteiger partial charge in [0.2, 0.25) is 0 Å². The minimum absolute atomic E-state index is 0.416. The molecule has 1 unspecified atom stereocenters. The molecule has 0 amide bonds. The van der Waals surface area contributed by atoms with Crippen LogP contribution in [-0.4, -0.2) is 15.5 Å². The third-order valence-corrected chi connectivity index (χ3v) is 5.63. The Hall–Kier alpha value is -2.76. The van der Waals surface area contributed by atoms with Crippen LogP contribution >= 0.6 is 0 Å². The first-order valence-corrected chi connectivity index (χ1v) is 11.0. The zero-order valence-corrected chi connectivity index (χ0v) is 18.4. The zero-order chi connectivity index (χ0) is 21.4. The second kappa shape index (κ2) is 10.3. The summed E-state index contributed by atoms with van der Waals surface area (Å²) in [4.78, 5) is 0. The predicted octanol–water partition coefficient (Wildman–Crippen LogP) is 5.73. The number of hydrogen-bond acceptors (Lipinski definition) is 4. The second-order valence-corrected chi connectivity index (χ2v) is 9.78. The number of nitrogens with zero attached hydrogens (tertiary/aromatic N) is 1. The Balaban J connectivity index is 1.78. The molecule has 0 saturated heterocycles. The van der Waals surface area contributed by atoms with E-state index in [-0.39, 0.29) is 0 Å². The summed E-state index contributed by atoms with van der Waals surface area (Å²) in [5.74, 6) is 1.34. The number of benzene rings is 3. The smallest absolute Gasteiger partial charge is 0.144 e. The summed E-state index contributed by atoms with van der Waals surface area (Å²) < 4.78 is 28.1. The van der Waals surface area contributed by atoms with Crippen LogP contribution in [0.15, 0.2) is 83.3 Å². The molecule has 0 heterocycles. The highest BCUT2D eigenvalue weighted by molar-refractivity contribution is 7.91. The lowest BCUT2D eigenvalue weighted by molar-refractivity contribution is 0.289. The standard InChI is InChI=1S/C25H27NO3S/c1-25(2,3)30(27)26-17-22-14-15-23(28-18-20-10-6-4-7-11-20)16-24(22)29-19-21-12-8-5-9-13-21/h4-17H,18-19H2,1-3H3/b26-17+. The molecule has 3 aromatic rings. The molecule has 0 fully saturated rings. The van der Waals surface area contributed by atoms with Crippen LogP contribution in [0.5, 0.6) is 11.5 Å². The molecule has 0 radical (unpaired) electrons. The van der Waals surface area contributed by atoms with Crippen molar-refractivity contribution in [3.8, 4) is 11.5 Å². The Bertz CT molecular complexity index is 953. The van der Waals surface area contributed by atoms with Gasteiger partial charge in [-0.1, -0.05) is 65.1 Å². The van der Waals surface area contributed by atoms with Gasteiger partial charge in [0.15, 0.2) is 0 Å². The van der Waals surface area contributed by atoms with Gasteiger partial charge in [-0.25, -0.2) is 0 Å². The normalized spacial score (nSPS) is 12.7. The van der Waals surface area contributed by atoms with Crippen molar-refractivity contribution in [3.63, 3.8) is 0 Å². The van der Waals surface area contributed by atoms with E-state index in [1.54, 1.807) is 6.21 Å². The molecule has 0 aliphatic heterocycles. The van der Waals surface area contributed by atoms with E-state index in [2.05, 4.69) is 4.40 Å². The molecule has 3 aromatic carbocycles. The molecular weight excluding hydrogens is 394 g/mol. The minimum atomic E-state index is -1.34. The van der Waals surface area contributed by atoms with Gasteiger partial charge in [-0.15, -0.1) is 0 Å². The van der Waals surface area contributed by atoms with E-state index in [1.165, 1.54) is 0 Å². The minimum Gasteiger partial charge on any atom is -0.591 e. The lowest BCUT2D eigenvalue weighted by Crippen LogP contribution is -2.25. The molecule has 0 saturated carbocycles. The van der Waals surface area contributed by atoms with E-state index >= 15 is 0 Å². The molecule has 0 spiro atoms. The fraction of sp³-hybridized carbons (Fsp3) is 0.240. The summed E-state index contributed by atoms with van der Waals surface area (Å²) in [7, 11) is 0. The summed E-state index contributed by atoms with van der Waals surface area (Å²) in [5, 5.41) is 0. The summed E-state index contributed by atoms with van der Waals surface area (Å²) in [5.41, 5.74) is 2.92. The Morgan fingerprint density at radius 2 is 1.40 bits per heavy atom. The predicted molar refractivity (Wildman–Crippen MR) is 123 cm³/mol. The van der Waals surface area contributed by atoms with Gasteiger partial charge < -0.3 is 14.0 Å². The molecule has 4 nitrogen and oxygen atoms in total. The molecule has 30 heavy (non-hydrogen) atoms. The quantitative estimate of drug-likeness (QED) is 0.345. The lowest BCUT2D eigenvalue weighted by Gasteiger charge is -2.18. The zero-order valence-electron chi connectivity index (χ0n) is 17.6. The van der Waals surface area contributed by atoms with Crippen molar-refractivity contribution in [3.05, 3.63) is 95.6 Å². The Morgan fingerprint density at radius 3 is 1.97 bits per heavy atom. The van der Waals surface area contributed by atoms with Gasteiger partial charge in [-0.3, -0.25) is 0 Å². The van der Waals surface area contributed by atoms with Crippen molar-refractivity contribution in [2.45, 2.75) is 38.7 Å². The summed E-state index contributed by atoms with van der Waals surface area (Å²) in [6.45, 7) is 6.59. The highest BCUT2D eigenvalue weighted by Gasteiger charge is 2.26. The van der Waals surface area contributed by atoms with Gasteiger partial charge in [-0.2, -0.15) is 0 Å². The number of rotatable bonds is 8. The SMILES string of the molecule is CC(C)(C)[S+]([O-])/N=C/c1ccc(OCc2ccccc2)cc1OCc1ccccc1. The first-order valence-electron chi connectivity index (χ1n) is 9.85. The maximum absolute atomic E-state index is 12.3. The average molecular weight is 422 g/mol. The fourth-order valence-electron chi connectivity index (χ4n) is 2.58. The van der Waals surface area contributed by atoms with Gasteiger partial charge in [0.1, 0.15) is 40.8 Å². The highest BCUT2D eigenvalue weighted by atomic mass is 32.2. The van der Waals surface area contributed by atoms with E-state index in [1.807, 2.05) is 99.6 Å². The third kappa shape index (κ3) is 6.65. The molecule has 3 rings (SSSR count). The largest absolute Gasteiger partial charge is 0.591 e. The molecule has 0 aromatic heterocycles. The Morgan fingerprint density at radius 1 is 0.833 bits per heavy atom. The topological polar surface area (TPSA) is 53.9 Å². The third-order valence-electron chi connectivity index (χ3n) is 4.28. The fourth-order valence-corrected chi connectivity index (χ4v) is 3.10. The van der Waals surface area contributed by atoms with Crippen molar-refractivity contribution in [2.24, 2.45) is 4.40 Å². The Kier molecular flexibility index (Phi) is 7.55. The maximum atomic E-state index is 12.3. The number of hydrogen-bond donors (Lipinski definition) is 0. The molecule has 0 aliphatic rings. The van der Waals surface area contributed by atoms with E-state index in [0.29, 0.717) is 24.7 Å².